The first-order chi connectivity index (χ1) is 14.9. The Morgan fingerprint density at radius 1 is 1.16 bits per heavy atom. The number of H-pyrrole nitrogens is 1. The minimum atomic E-state index is -0.368. The van der Waals surface area contributed by atoms with Crippen molar-refractivity contribution >= 4 is 40.0 Å². The van der Waals surface area contributed by atoms with Gasteiger partial charge < -0.3 is 20.5 Å². The van der Waals surface area contributed by atoms with Crippen LogP contribution in [0.4, 0.5) is 11.4 Å². The first kappa shape index (κ1) is 20.7. The van der Waals surface area contributed by atoms with Gasteiger partial charge in [-0.05, 0) is 55.3 Å². The summed E-state index contributed by atoms with van der Waals surface area (Å²) in [6.45, 7) is 4.39. The molecule has 0 bridgehead atoms. The lowest BCUT2D eigenvalue weighted by atomic mass is 10.1. The average molecular weight is 418 g/mol. The molecule has 1 saturated heterocycles. The number of rotatable bonds is 6. The molecule has 1 atom stereocenters. The van der Waals surface area contributed by atoms with Crippen molar-refractivity contribution in [2.24, 2.45) is 5.92 Å². The van der Waals surface area contributed by atoms with Gasteiger partial charge in [0, 0.05) is 54.9 Å². The van der Waals surface area contributed by atoms with Crippen LogP contribution in [0.25, 0.3) is 10.9 Å². The smallest absolute Gasteiger partial charge is 0.227 e. The molecule has 2 heterocycles. The minimum absolute atomic E-state index is 0.0699. The standard InChI is InChI=1S/C24H26N4O3/c1-15-3-8-22-21(11-15)17(13-26-22)9-10-25-24(31)18-12-23(30)28(14-18)20-6-4-19(5-7-20)27-16(2)29/h3-8,11,13,18,26H,9-10,12,14H2,1-2H3,(H,25,31)(H,27,29). The van der Waals surface area contributed by atoms with E-state index in [1.807, 2.05) is 6.20 Å². The molecule has 3 amide bonds. The molecule has 4 rings (SSSR count). The second kappa shape index (κ2) is 8.63. The number of fused-ring (bicyclic) bond motifs is 1. The normalized spacial score (nSPS) is 16.0. The van der Waals surface area contributed by atoms with Gasteiger partial charge in [-0.25, -0.2) is 0 Å². The molecule has 0 spiro atoms. The molecule has 1 aromatic heterocycles. The Bertz CT molecular complexity index is 1130. The Morgan fingerprint density at radius 3 is 2.68 bits per heavy atom. The molecule has 160 valence electrons. The van der Waals surface area contributed by atoms with Gasteiger partial charge in [0.25, 0.3) is 0 Å². The van der Waals surface area contributed by atoms with Gasteiger partial charge in [0.1, 0.15) is 0 Å². The number of nitrogens with one attached hydrogen (secondary N) is 3. The van der Waals surface area contributed by atoms with E-state index in [-0.39, 0.29) is 30.1 Å². The molecule has 1 aliphatic heterocycles. The summed E-state index contributed by atoms with van der Waals surface area (Å²) in [5, 5.41) is 6.87. The highest BCUT2D eigenvalue weighted by molar-refractivity contribution is 6.00. The lowest BCUT2D eigenvalue weighted by Crippen LogP contribution is -2.34. The molecule has 7 heteroatoms. The van der Waals surface area contributed by atoms with E-state index in [9.17, 15) is 14.4 Å². The fourth-order valence-corrected chi connectivity index (χ4v) is 4.02. The fraction of sp³-hybridized carbons (Fsp3) is 0.292. The van der Waals surface area contributed by atoms with Crippen LogP contribution in [-0.4, -0.2) is 35.8 Å². The monoisotopic (exact) mass is 418 g/mol. The van der Waals surface area contributed by atoms with Crippen LogP contribution >= 0.6 is 0 Å². The van der Waals surface area contributed by atoms with Crippen molar-refractivity contribution in [3.05, 3.63) is 59.8 Å². The maximum absolute atomic E-state index is 12.6. The molecule has 1 unspecified atom stereocenters. The second-order valence-corrected chi connectivity index (χ2v) is 8.04. The van der Waals surface area contributed by atoms with Crippen LogP contribution < -0.4 is 15.5 Å². The number of aromatic nitrogens is 1. The number of nitrogens with zero attached hydrogens (tertiary/aromatic N) is 1. The molecule has 3 N–H and O–H groups in total. The Kier molecular flexibility index (Phi) is 5.75. The number of hydrogen-bond acceptors (Lipinski definition) is 3. The largest absolute Gasteiger partial charge is 0.361 e. The van der Waals surface area contributed by atoms with Crippen molar-refractivity contribution < 1.29 is 14.4 Å². The topological polar surface area (TPSA) is 94.3 Å². The van der Waals surface area contributed by atoms with E-state index in [1.165, 1.54) is 23.4 Å². The second-order valence-electron chi connectivity index (χ2n) is 8.04. The van der Waals surface area contributed by atoms with Crippen LogP contribution in [0.1, 0.15) is 24.5 Å². The van der Waals surface area contributed by atoms with Gasteiger partial charge in [-0.2, -0.15) is 0 Å². The van der Waals surface area contributed by atoms with Gasteiger partial charge in [0.15, 0.2) is 0 Å². The average Bonchev–Trinajstić information content (AvgIpc) is 3.31. The lowest BCUT2D eigenvalue weighted by molar-refractivity contribution is -0.126. The third-order valence-corrected chi connectivity index (χ3v) is 5.61. The summed E-state index contributed by atoms with van der Waals surface area (Å²) in [5.41, 5.74) is 4.86. The summed E-state index contributed by atoms with van der Waals surface area (Å²) >= 11 is 0. The molecule has 3 aromatic rings. The number of amides is 3. The molecule has 1 fully saturated rings. The Labute approximate surface area is 180 Å². The Balaban J connectivity index is 1.32. The molecule has 0 aliphatic carbocycles. The number of benzene rings is 2. The van der Waals surface area contributed by atoms with Crippen LogP contribution in [0.2, 0.25) is 0 Å². The first-order valence-corrected chi connectivity index (χ1v) is 10.4. The number of carbonyl (C=O) groups is 3. The maximum atomic E-state index is 12.6. The van der Waals surface area contributed by atoms with Gasteiger partial charge in [-0.15, -0.1) is 0 Å². The van der Waals surface area contributed by atoms with Crippen molar-refractivity contribution in [1.82, 2.24) is 10.3 Å². The summed E-state index contributed by atoms with van der Waals surface area (Å²) in [6, 6.07) is 13.3. The van der Waals surface area contributed by atoms with E-state index in [1.54, 1.807) is 29.2 Å². The van der Waals surface area contributed by atoms with Crippen LogP contribution in [0.5, 0.6) is 0 Å². The molecule has 2 aromatic carbocycles. The van der Waals surface area contributed by atoms with E-state index in [0.29, 0.717) is 18.8 Å². The first-order valence-electron chi connectivity index (χ1n) is 10.4. The van der Waals surface area contributed by atoms with E-state index in [4.69, 9.17) is 0 Å². The van der Waals surface area contributed by atoms with Crippen LogP contribution in [-0.2, 0) is 20.8 Å². The molecule has 7 nitrogen and oxygen atoms in total. The van der Waals surface area contributed by atoms with Crippen molar-refractivity contribution in [2.45, 2.75) is 26.7 Å². The summed E-state index contributed by atoms with van der Waals surface area (Å²) in [4.78, 5) is 41.1. The third-order valence-electron chi connectivity index (χ3n) is 5.61. The number of hydrogen-bond donors (Lipinski definition) is 3. The van der Waals surface area contributed by atoms with Crippen molar-refractivity contribution in [2.75, 3.05) is 23.3 Å². The highest BCUT2D eigenvalue weighted by Crippen LogP contribution is 2.26. The van der Waals surface area contributed by atoms with Crippen molar-refractivity contribution in [3.8, 4) is 0 Å². The van der Waals surface area contributed by atoms with E-state index >= 15 is 0 Å². The zero-order valence-electron chi connectivity index (χ0n) is 17.7. The van der Waals surface area contributed by atoms with Gasteiger partial charge in [-0.3, -0.25) is 14.4 Å². The van der Waals surface area contributed by atoms with Crippen molar-refractivity contribution in [1.29, 1.82) is 0 Å². The van der Waals surface area contributed by atoms with E-state index in [2.05, 4.69) is 40.7 Å². The van der Waals surface area contributed by atoms with Gasteiger partial charge in [0.05, 0.1) is 5.92 Å². The zero-order chi connectivity index (χ0) is 22.0. The summed E-state index contributed by atoms with van der Waals surface area (Å²) in [5.74, 6) is -0.682. The lowest BCUT2D eigenvalue weighted by Gasteiger charge is -2.17. The summed E-state index contributed by atoms with van der Waals surface area (Å²) < 4.78 is 0. The quantitative estimate of drug-likeness (QED) is 0.574. The highest BCUT2D eigenvalue weighted by Gasteiger charge is 2.34. The van der Waals surface area contributed by atoms with Gasteiger partial charge in [-0.1, -0.05) is 11.6 Å². The van der Waals surface area contributed by atoms with Gasteiger partial charge in [0.2, 0.25) is 17.7 Å². The van der Waals surface area contributed by atoms with Crippen LogP contribution in [0, 0.1) is 12.8 Å². The highest BCUT2D eigenvalue weighted by atomic mass is 16.2. The van der Waals surface area contributed by atoms with Crippen molar-refractivity contribution in [3.63, 3.8) is 0 Å². The minimum Gasteiger partial charge on any atom is -0.361 e. The molecule has 0 saturated carbocycles. The third kappa shape index (κ3) is 4.60. The molecule has 31 heavy (non-hydrogen) atoms. The summed E-state index contributed by atoms with van der Waals surface area (Å²) in [6.07, 6.45) is 2.91. The SMILES string of the molecule is CC(=O)Nc1ccc(N2CC(C(=O)NCCc3c[nH]c4ccc(C)cc34)CC2=O)cc1. The van der Waals surface area contributed by atoms with E-state index < -0.39 is 0 Å². The zero-order valence-corrected chi connectivity index (χ0v) is 17.7. The predicted molar refractivity (Wildman–Crippen MR) is 121 cm³/mol. The van der Waals surface area contributed by atoms with Crippen LogP contribution in [0.3, 0.4) is 0 Å². The Hall–Kier alpha value is -3.61. The van der Waals surface area contributed by atoms with Gasteiger partial charge >= 0.3 is 0 Å². The number of aryl methyl sites for hydroxylation is 1. The number of aromatic amines is 1. The number of carbonyl (C=O) groups excluding carboxylic acids is 3. The molecular formula is C24H26N4O3. The molecular weight excluding hydrogens is 392 g/mol. The molecule has 0 radical (unpaired) electrons. The predicted octanol–water partition coefficient (Wildman–Crippen LogP) is 3.15. The summed E-state index contributed by atoms with van der Waals surface area (Å²) in [7, 11) is 0. The van der Waals surface area contributed by atoms with Crippen LogP contribution in [0.15, 0.2) is 48.7 Å². The molecule has 1 aliphatic rings. The number of anilines is 2. The maximum Gasteiger partial charge on any atom is 0.227 e. The fourth-order valence-electron chi connectivity index (χ4n) is 4.02. The van der Waals surface area contributed by atoms with E-state index in [0.717, 1.165) is 17.6 Å². The Morgan fingerprint density at radius 2 is 1.94 bits per heavy atom.